The topological polar surface area (TPSA) is 280 Å². The van der Waals surface area contributed by atoms with Gasteiger partial charge in [-0.25, -0.2) is 9.13 Å². The Morgan fingerprint density at radius 3 is 1.04 bits per heavy atom. The van der Waals surface area contributed by atoms with E-state index in [4.69, 9.17) is 23.3 Å². The second-order valence-electron chi connectivity index (χ2n) is 24.8. The van der Waals surface area contributed by atoms with Gasteiger partial charge < -0.3 is 60.0 Å². The summed E-state index contributed by atoms with van der Waals surface area (Å²) in [5.41, 5.74) is 15.1. The van der Waals surface area contributed by atoms with Crippen LogP contribution in [-0.2, 0) is 41.5 Å². The predicted molar refractivity (Wildman–Crippen MR) is 355 cm³/mol. The fourth-order valence-electron chi connectivity index (χ4n) is 10.2. The molecule has 9 N–H and O–H groups in total. The number of carbonyl (C=O) groups excluding carboxylic acids is 1. The van der Waals surface area contributed by atoms with Crippen molar-refractivity contribution < 1.29 is 81.9 Å². The van der Waals surface area contributed by atoms with Crippen LogP contribution in [0, 0.1) is 0 Å². The summed E-state index contributed by atoms with van der Waals surface area (Å²) in [4.78, 5) is 32.9. The molecule has 0 radical (unpaired) electrons. The van der Waals surface area contributed by atoms with Crippen LogP contribution in [0.15, 0.2) is 128 Å². The average Bonchev–Trinajstić information content (AvgIpc) is 0.975. The lowest BCUT2D eigenvalue weighted by molar-refractivity contribution is -0.344. The first-order valence-electron chi connectivity index (χ1n) is 32.0. The highest BCUT2D eigenvalue weighted by Crippen LogP contribution is 2.61. The molecule has 2 unspecified atom stereocenters. The Morgan fingerprint density at radius 2 is 0.730 bits per heavy atom. The zero-order chi connectivity index (χ0) is 66.7. The number of rotatable bonds is 42. The number of aliphatic hydroxyl groups is 6. The minimum absolute atomic E-state index is 0.471. The molecule has 2 aliphatic heterocycles. The first-order valence-corrected chi connectivity index (χ1v) is 35.0. The van der Waals surface area contributed by atoms with Gasteiger partial charge in [0.15, 0.2) is 12.6 Å². The van der Waals surface area contributed by atoms with Crippen LogP contribution >= 0.6 is 15.6 Å². The number of ether oxygens (including phenoxy) is 3. The number of carbonyl (C=O) groups is 1. The molecule has 2 aliphatic rings. The van der Waals surface area contributed by atoms with Gasteiger partial charge in [-0.3, -0.25) is 13.8 Å². The van der Waals surface area contributed by atoms with Crippen molar-refractivity contribution >= 4 is 21.6 Å². The van der Waals surface area contributed by atoms with Crippen molar-refractivity contribution in [1.82, 2.24) is 5.32 Å². The summed E-state index contributed by atoms with van der Waals surface area (Å²) in [6.45, 7) is 25.0. The number of amides is 1. The first kappa shape index (κ1) is 81.6. The van der Waals surface area contributed by atoms with E-state index in [9.17, 15) is 54.4 Å². The van der Waals surface area contributed by atoms with E-state index in [2.05, 4.69) is 147 Å². The Hall–Kier alpha value is -3.49. The van der Waals surface area contributed by atoms with E-state index in [0.717, 1.165) is 128 Å². The van der Waals surface area contributed by atoms with Crippen LogP contribution in [0.1, 0.15) is 218 Å². The van der Waals surface area contributed by atoms with Gasteiger partial charge >= 0.3 is 15.6 Å². The van der Waals surface area contributed by atoms with E-state index in [1.54, 1.807) is 6.92 Å². The molecular formula is C69H115NO17P2. The van der Waals surface area contributed by atoms with Gasteiger partial charge in [0.25, 0.3) is 0 Å². The highest BCUT2D eigenvalue weighted by atomic mass is 31.3. The molecule has 89 heavy (non-hydrogen) atoms. The van der Waals surface area contributed by atoms with Crippen molar-refractivity contribution in [3.8, 4) is 0 Å². The number of aliphatic hydroxyl groups excluding tert-OH is 6. The Balaban J connectivity index is 1.68. The minimum atomic E-state index is -5.60. The van der Waals surface area contributed by atoms with Gasteiger partial charge in [-0.05, 0) is 212 Å². The van der Waals surface area contributed by atoms with Crippen LogP contribution in [0.3, 0.4) is 0 Å². The molecule has 2 rings (SSSR count). The molecule has 12 atom stereocenters. The molecule has 0 aromatic rings. The SMILES string of the molecule is CC(=O)N[C@H]1[C@H](OP(=O)(O)OP(=O)(O)OC/C=C(\C)CC/C=C(\C)CC/C=C(\C)CC/C=C(\C)CC/C=C(\C)CC/C=C(\C)CC/C=C(\C)CC/C=C(\C)CC/C=C(\C)CC/C=C(\C)CCC=C(C)C)O[C@H](CO)[C@@H](O[C@@H]2O[C@H](CO)[C@@H](O)[C@H](O)[C@H]2O)[C@@H]1O. The lowest BCUT2D eigenvalue weighted by Gasteiger charge is -2.47. The monoisotopic (exact) mass is 1290 g/mol. The molecule has 0 saturated carbocycles. The van der Waals surface area contributed by atoms with Crippen LogP contribution in [0.25, 0.3) is 0 Å². The number of phosphoric acid groups is 2. The normalized spacial score (nSPS) is 25.7. The third-order valence-electron chi connectivity index (χ3n) is 15.9. The zero-order valence-electron chi connectivity index (χ0n) is 56.0. The Labute approximate surface area is 534 Å². The zero-order valence-corrected chi connectivity index (χ0v) is 57.8. The van der Waals surface area contributed by atoms with Gasteiger partial charge in [0, 0.05) is 6.92 Å². The van der Waals surface area contributed by atoms with Gasteiger partial charge in [-0.2, -0.15) is 4.31 Å². The van der Waals surface area contributed by atoms with Crippen molar-refractivity contribution in [3.05, 3.63) is 128 Å². The molecule has 0 bridgehead atoms. The molecule has 1 amide bonds. The summed E-state index contributed by atoms with van der Waals surface area (Å²) >= 11 is 0. The second kappa shape index (κ2) is 44.2. The fraction of sp³-hybridized carbons (Fsp3) is 0.667. The summed E-state index contributed by atoms with van der Waals surface area (Å²) < 4.78 is 56.6. The maximum Gasteiger partial charge on any atom is 0.483 e. The van der Waals surface area contributed by atoms with Crippen LogP contribution in [0.4, 0.5) is 0 Å². The maximum atomic E-state index is 13.0. The fourth-order valence-corrected chi connectivity index (χ4v) is 12.2. The largest absolute Gasteiger partial charge is 0.483 e. The smallest absolute Gasteiger partial charge is 0.394 e. The number of allylic oxidation sites excluding steroid dienone is 21. The van der Waals surface area contributed by atoms with Gasteiger partial charge in [0.2, 0.25) is 5.91 Å². The molecule has 2 heterocycles. The third kappa shape index (κ3) is 35.9. The van der Waals surface area contributed by atoms with Crippen molar-refractivity contribution in [3.63, 3.8) is 0 Å². The van der Waals surface area contributed by atoms with Crippen LogP contribution < -0.4 is 5.32 Å². The molecule has 0 aromatic carbocycles. The van der Waals surface area contributed by atoms with E-state index in [0.29, 0.717) is 12.8 Å². The van der Waals surface area contributed by atoms with E-state index in [1.165, 1.54) is 61.8 Å². The van der Waals surface area contributed by atoms with Crippen LogP contribution in [0.2, 0.25) is 0 Å². The van der Waals surface area contributed by atoms with Gasteiger partial charge in [-0.1, -0.05) is 128 Å². The highest BCUT2D eigenvalue weighted by molar-refractivity contribution is 7.61. The van der Waals surface area contributed by atoms with Crippen molar-refractivity contribution in [2.45, 2.75) is 280 Å². The van der Waals surface area contributed by atoms with Crippen molar-refractivity contribution in [1.29, 1.82) is 0 Å². The molecular weight excluding hydrogens is 1180 g/mol. The Kier molecular flexibility index (Phi) is 40.5. The molecule has 18 nitrogen and oxygen atoms in total. The molecule has 0 aliphatic carbocycles. The Morgan fingerprint density at radius 1 is 0.416 bits per heavy atom. The molecule has 0 spiro atoms. The van der Waals surface area contributed by atoms with Crippen LogP contribution in [-0.4, -0.2) is 128 Å². The lowest BCUT2D eigenvalue weighted by atomic mass is 9.95. The summed E-state index contributed by atoms with van der Waals surface area (Å²) in [5, 5.41) is 63.8. The number of nitrogens with one attached hydrogen (secondary N) is 1. The summed E-state index contributed by atoms with van der Waals surface area (Å²) in [6.07, 6.45) is 29.9. The van der Waals surface area contributed by atoms with Gasteiger partial charge in [0.05, 0.1) is 19.8 Å². The molecule has 0 aromatic heterocycles. The summed E-state index contributed by atoms with van der Waals surface area (Å²) in [6, 6.07) is -1.77. The predicted octanol–water partition coefficient (Wildman–Crippen LogP) is 14.2. The molecule has 20 heteroatoms. The van der Waals surface area contributed by atoms with Crippen LogP contribution in [0.5, 0.6) is 0 Å². The molecule has 2 saturated heterocycles. The Bertz CT molecular complexity index is 2590. The first-order chi connectivity index (χ1) is 42.0. The highest BCUT2D eigenvalue weighted by Gasteiger charge is 2.53. The number of phosphoric ester groups is 2. The van der Waals surface area contributed by atoms with Gasteiger partial charge in [-0.15, -0.1) is 0 Å². The minimum Gasteiger partial charge on any atom is -0.394 e. The number of hydrogen-bond acceptors (Lipinski definition) is 15. The van der Waals surface area contributed by atoms with Crippen molar-refractivity contribution in [2.24, 2.45) is 0 Å². The quantitative estimate of drug-likeness (QED) is 0.0203. The van der Waals surface area contributed by atoms with Gasteiger partial charge in [0.1, 0.15) is 48.8 Å². The second-order valence-corrected chi connectivity index (χ2v) is 27.8. The van der Waals surface area contributed by atoms with E-state index >= 15 is 0 Å². The third-order valence-corrected chi connectivity index (χ3v) is 18.5. The summed E-state index contributed by atoms with van der Waals surface area (Å²) in [7, 11) is -10.9. The van der Waals surface area contributed by atoms with E-state index < -0.39 is 103 Å². The lowest BCUT2D eigenvalue weighted by Crippen LogP contribution is -2.67. The number of hydrogen-bond donors (Lipinski definition) is 9. The maximum absolute atomic E-state index is 13.0. The van der Waals surface area contributed by atoms with E-state index in [-0.39, 0.29) is 0 Å². The average molecular weight is 1290 g/mol. The summed E-state index contributed by atoms with van der Waals surface area (Å²) in [5.74, 6) is -0.810. The van der Waals surface area contributed by atoms with Crippen molar-refractivity contribution in [2.75, 3.05) is 19.8 Å². The molecule has 508 valence electrons. The van der Waals surface area contributed by atoms with E-state index in [1.807, 2.05) is 0 Å². The molecule has 2 fully saturated rings. The standard InChI is InChI=1S/C69H115NO17P2/c1-48(2)24-14-25-49(3)26-15-27-50(4)28-16-29-51(5)30-17-31-52(6)32-18-33-53(7)34-19-35-54(8)36-20-37-55(9)38-21-39-56(10)40-22-41-57(11)42-23-43-58(12)44-45-82-88(78,79)87-89(80,81)86-68-62(70-59(13)73)64(75)67(61(47-72)84-68)85-69-66(77)65(76)63(74)60(46-71)83-69/h24,26,28,30,32,34,36,38,40,42,44,60-69,71-72,74-77H,14-23,25,27,29,31,33,35,37,39,41,43,45-47H2,1-13H3,(H,70,73)(H,78,79)(H,80,81)/b49-26+,50-28+,51-30+,52-32+,53-34+,54-36+,55-38+,56-40+,57-42+,58-44+/t60-,61-,62-,63-,64-,65+,66-,67-,68+,69+/m1/s1.